The van der Waals surface area contributed by atoms with Crippen molar-refractivity contribution in [2.75, 3.05) is 36.0 Å². The van der Waals surface area contributed by atoms with Gasteiger partial charge in [-0.2, -0.15) is 0 Å². The monoisotopic (exact) mass is 444 g/mol. The number of rotatable bonds is 2. The van der Waals surface area contributed by atoms with Crippen molar-refractivity contribution < 1.29 is 14.3 Å². The minimum absolute atomic E-state index is 0.0232. The summed E-state index contributed by atoms with van der Waals surface area (Å²) < 4.78 is 5.63. The van der Waals surface area contributed by atoms with E-state index in [4.69, 9.17) is 9.72 Å². The van der Waals surface area contributed by atoms with Crippen LogP contribution in [0.3, 0.4) is 0 Å². The van der Waals surface area contributed by atoms with Crippen molar-refractivity contribution in [3.63, 3.8) is 0 Å². The van der Waals surface area contributed by atoms with Crippen LogP contribution in [0.5, 0.6) is 0 Å². The molecule has 1 N–H and O–H groups in total. The molecule has 176 valence electrons. The molecule has 0 unspecified atom stereocenters. The predicted octanol–water partition coefficient (Wildman–Crippen LogP) is 3.28. The number of hydrogen-bond donors (Lipinski definition) is 1. The van der Waals surface area contributed by atoms with E-state index in [0.717, 1.165) is 36.5 Å². The molecule has 3 heterocycles. The van der Waals surface area contributed by atoms with E-state index in [1.807, 2.05) is 39.5 Å². The molecule has 3 aliphatic rings. The summed E-state index contributed by atoms with van der Waals surface area (Å²) in [4.78, 5) is 40.7. The van der Waals surface area contributed by atoms with Gasteiger partial charge in [0.25, 0.3) is 0 Å². The van der Waals surface area contributed by atoms with Crippen molar-refractivity contribution in [1.29, 1.82) is 0 Å². The highest BCUT2D eigenvalue weighted by Crippen LogP contribution is 2.54. The van der Waals surface area contributed by atoms with E-state index in [1.54, 1.807) is 11.2 Å². The molecule has 4 rings (SSSR count). The number of nitrogens with zero attached hydrogens (tertiary/aromatic N) is 5. The highest BCUT2D eigenvalue weighted by atomic mass is 16.6. The Morgan fingerprint density at radius 3 is 2.44 bits per heavy atom. The average molecular weight is 445 g/mol. The van der Waals surface area contributed by atoms with Gasteiger partial charge < -0.3 is 19.9 Å². The van der Waals surface area contributed by atoms with Gasteiger partial charge in [-0.15, -0.1) is 0 Å². The van der Waals surface area contributed by atoms with Gasteiger partial charge in [-0.1, -0.05) is 6.42 Å². The summed E-state index contributed by atoms with van der Waals surface area (Å²) in [6, 6.07) is -0.0587. The Bertz CT molecular complexity index is 894. The zero-order valence-corrected chi connectivity index (χ0v) is 20.1. The Morgan fingerprint density at radius 1 is 1.16 bits per heavy atom. The van der Waals surface area contributed by atoms with Gasteiger partial charge in [0.15, 0.2) is 0 Å². The van der Waals surface area contributed by atoms with Crippen molar-refractivity contribution in [2.24, 2.45) is 0 Å². The Balaban J connectivity index is 1.63. The summed E-state index contributed by atoms with van der Waals surface area (Å²) in [5.74, 6) is 1.64. The Kier molecular flexibility index (Phi) is 5.71. The second-order valence-electron chi connectivity index (χ2n) is 10.4. The van der Waals surface area contributed by atoms with Crippen LogP contribution in [0, 0.1) is 0 Å². The van der Waals surface area contributed by atoms with Crippen LogP contribution < -0.4 is 15.1 Å². The number of hydrogen-bond acceptors (Lipinski definition) is 6. The first-order valence-corrected chi connectivity index (χ1v) is 11.7. The van der Waals surface area contributed by atoms with Gasteiger partial charge in [-0.3, -0.25) is 4.90 Å². The Morgan fingerprint density at radius 2 is 1.84 bits per heavy atom. The standard InChI is InChI=1S/C23H36N6O3/c1-7-24-20(30)29-13-23(9-8-10-23)17-18(25-14-26-19(17)29)27-11-16(3)28(12-15(27)2)21(31)32-22(4,5)6/h14-16H,7-13H2,1-6H3,(H,24,30)/t15-,16+/m0/s1. The first kappa shape index (κ1) is 22.6. The molecular weight excluding hydrogens is 408 g/mol. The number of amides is 3. The average Bonchev–Trinajstić information content (AvgIpc) is 3.04. The maximum Gasteiger partial charge on any atom is 0.410 e. The van der Waals surface area contributed by atoms with Crippen LogP contribution in [-0.4, -0.2) is 70.9 Å². The fourth-order valence-corrected chi connectivity index (χ4v) is 5.14. The van der Waals surface area contributed by atoms with E-state index in [1.165, 1.54) is 0 Å². The molecule has 2 fully saturated rings. The normalized spacial score (nSPS) is 24.2. The first-order valence-electron chi connectivity index (χ1n) is 11.7. The number of carbonyl (C=O) groups is 2. The second-order valence-corrected chi connectivity index (χ2v) is 10.4. The molecule has 1 spiro atoms. The number of urea groups is 1. The lowest BCUT2D eigenvalue weighted by molar-refractivity contribution is 0.0129. The first-order chi connectivity index (χ1) is 15.1. The van der Waals surface area contributed by atoms with Crippen molar-refractivity contribution >= 4 is 23.8 Å². The van der Waals surface area contributed by atoms with Gasteiger partial charge in [0.2, 0.25) is 0 Å². The Hall–Kier alpha value is -2.58. The summed E-state index contributed by atoms with van der Waals surface area (Å²) in [6.07, 6.45) is 4.52. The van der Waals surface area contributed by atoms with Crippen LogP contribution in [0.1, 0.15) is 66.4 Å². The summed E-state index contributed by atoms with van der Waals surface area (Å²) >= 11 is 0. The maximum atomic E-state index is 12.8. The molecule has 3 amide bonds. The molecule has 0 bridgehead atoms. The number of nitrogens with one attached hydrogen (secondary N) is 1. The summed E-state index contributed by atoms with van der Waals surface area (Å²) in [5, 5.41) is 2.92. The highest BCUT2D eigenvalue weighted by molar-refractivity contribution is 5.95. The minimum atomic E-state index is -0.524. The molecule has 1 aromatic rings. The van der Waals surface area contributed by atoms with E-state index in [9.17, 15) is 9.59 Å². The zero-order valence-electron chi connectivity index (χ0n) is 20.1. The van der Waals surface area contributed by atoms with Crippen molar-refractivity contribution in [3.8, 4) is 0 Å². The molecule has 0 radical (unpaired) electrons. The van der Waals surface area contributed by atoms with Crippen LogP contribution >= 0.6 is 0 Å². The van der Waals surface area contributed by atoms with Gasteiger partial charge in [-0.25, -0.2) is 19.6 Å². The molecule has 1 aliphatic carbocycles. The van der Waals surface area contributed by atoms with Crippen LogP contribution in [0.15, 0.2) is 6.33 Å². The third kappa shape index (κ3) is 3.86. The Labute approximate surface area is 190 Å². The van der Waals surface area contributed by atoms with Crippen LogP contribution in [0.25, 0.3) is 0 Å². The lowest BCUT2D eigenvalue weighted by Gasteiger charge is -2.46. The van der Waals surface area contributed by atoms with E-state index < -0.39 is 5.60 Å². The zero-order chi connectivity index (χ0) is 23.3. The smallest absolute Gasteiger partial charge is 0.410 e. The number of anilines is 2. The number of piperazine rings is 1. The van der Waals surface area contributed by atoms with Gasteiger partial charge >= 0.3 is 12.1 Å². The predicted molar refractivity (Wildman–Crippen MR) is 123 cm³/mol. The fraction of sp³-hybridized carbons (Fsp3) is 0.739. The number of carbonyl (C=O) groups excluding carboxylic acids is 2. The second kappa shape index (κ2) is 8.08. The lowest BCUT2D eigenvalue weighted by Crippen LogP contribution is -2.59. The van der Waals surface area contributed by atoms with Gasteiger partial charge in [0.1, 0.15) is 23.6 Å². The molecular formula is C23H36N6O3. The number of fused-ring (bicyclic) bond motifs is 2. The van der Waals surface area contributed by atoms with Gasteiger partial charge in [0, 0.05) is 49.2 Å². The van der Waals surface area contributed by atoms with Crippen molar-refractivity contribution in [1.82, 2.24) is 20.2 Å². The molecule has 1 aromatic heterocycles. The van der Waals surface area contributed by atoms with E-state index in [0.29, 0.717) is 26.2 Å². The molecule has 9 nitrogen and oxygen atoms in total. The van der Waals surface area contributed by atoms with E-state index in [2.05, 4.69) is 22.1 Å². The van der Waals surface area contributed by atoms with Crippen LogP contribution in [0.2, 0.25) is 0 Å². The quantitative estimate of drug-likeness (QED) is 0.753. The summed E-state index contributed by atoms with van der Waals surface area (Å²) in [5.41, 5.74) is 0.508. The van der Waals surface area contributed by atoms with E-state index in [-0.39, 0.29) is 29.6 Å². The molecule has 9 heteroatoms. The maximum absolute atomic E-state index is 12.8. The summed E-state index contributed by atoms with van der Waals surface area (Å²) in [6.45, 7) is 14.2. The molecule has 2 aliphatic heterocycles. The molecule has 32 heavy (non-hydrogen) atoms. The minimum Gasteiger partial charge on any atom is -0.444 e. The highest BCUT2D eigenvalue weighted by Gasteiger charge is 2.52. The topological polar surface area (TPSA) is 90.9 Å². The molecule has 1 saturated heterocycles. The molecule has 2 atom stereocenters. The number of ether oxygens (including phenoxy) is 1. The largest absolute Gasteiger partial charge is 0.444 e. The third-order valence-corrected chi connectivity index (χ3v) is 6.82. The van der Waals surface area contributed by atoms with Crippen molar-refractivity contribution in [2.45, 2.75) is 83.9 Å². The molecule has 1 saturated carbocycles. The third-order valence-electron chi connectivity index (χ3n) is 6.82. The van der Waals surface area contributed by atoms with Crippen LogP contribution in [0.4, 0.5) is 21.2 Å². The van der Waals surface area contributed by atoms with Gasteiger partial charge in [-0.05, 0) is 54.4 Å². The van der Waals surface area contributed by atoms with Crippen molar-refractivity contribution in [3.05, 3.63) is 11.9 Å². The molecule has 0 aromatic carbocycles. The van der Waals surface area contributed by atoms with Gasteiger partial charge in [0.05, 0.1) is 0 Å². The fourth-order valence-electron chi connectivity index (χ4n) is 5.14. The summed E-state index contributed by atoms with van der Waals surface area (Å²) in [7, 11) is 0. The SMILES string of the molecule is CCNC(=O)N1CC2(CCC2)c2c1ncnc2N1C[C@@H](C)N(C(=O)OC(C)(C)C)C[C@@H]1C. The van der Waals surface area contributed by atoms with E-state index >= 15 is 0 Å². The van der Waals surface area contributed by atoms with Crippen LogP contribution in [-0.2, 0) is 10.2 Å². The number of aromatic nitrogens is 2. The lowest BCUT2D eigenvalue weighted by atomic mass is 9.66.